The highest BCUT2D eigenvalue weighted by Gasteiger charge is 2.51. The third-order valence-corrected chi connectivity index (χ3v) is 6.10. The first-order chi connectivity index (χ1) is 16.1. The van der Waals surface area contributed by atoms with Gasteiger partial charge in [-0.05, 0) is 42.8 Å². The molecule has 174 valence electrons. The number of nitrogens with zero attached hydrogens (tertiary/aromatic N) is 2. The van der Waals surface area contributed by atoms with Crippen LogP contribution in [0.25, 0.3) is 0 Å². The van der Waals surface area contributed by atoms with Gasteiger partial charge in [-0.25, -0.2) is 0 Å². The lowest BCUT2D eigenvalue weighted by Gasteiger charge is -2.23. The fraction of sp³-hybridized carbons (Fsp3) is 0.200. The van der Waals surface area contributed by atoms with Crippen molar-refractivity contribution in [3.63, 3.8) is 0 Å². The van der Waals surface area contributed by atoms with E-state index in [-0.39, 0.29) is 29.1 Å². The predicted octanol–water partition coefficient (Wildman–Crippen LogP) is 4.57. The van der Waals surface area contributed by atoms with E-state index in [2.05, 4.69) is 0 Å². The molecule has 0 aliphatic carbocycles. The van der Waals surface area contributed by atoms with Crippen molar-refractivity contribution in [2.45, 2.75) is 25.5 Å². The van der Waals surface area contributed by atoms with Crippen LogP contribution in [0.3, 0.4) is 0 Å². The Morgan fingerprint density at radius 1 is 1.15 bits per heavy atom. The lowest BCUT2D eigenvalue weighted by molar-refractivity contribution is -0.385. The van der Waals surface area contributed by atoms with E-state index < -0.39 is 28.6 Å². The summed E-state index contributed by atoms with van der Waals surface area (Å²) in [5, 5.41) is 23.2. The van der Waals surface area contributed by atoms with Gasteiger partial charge in [0.2, 0.25) is 0 Å². The number of carbonyl (C=O) groups excluding carboxylic acids is 2. The van der Waals surface area contributed by atoms with Gasteiger partial charge in [0.1, 0.15) is 0 Å². The van der Waals surface area contributed by atoms with Crippen LogP contribution in [0.5, 0.6) is 5.75 Å². The Balaban J connectivity index is 1.70. The van der Waals surface area contributed by atoms with Gasteiger partial charge in [-0.2, -0.15) is 0 Å². The Kier molecular flexibility index (Phi) is 6.12. The van der Waals surface area contributed by atoms with Gasteiger partial charge >= 0.3 is 5.69 Å². The van der Waals surface area contributed by atoms with Crippen LogP contribution in [0.2, 0.25) is 5.02 Å². The third-order valence-electron chi connectivity index (χ3n) is 5.87. The highest BCUT2D eigenvalue weighted by Crippen LogP contribution is 2.45. The van der Waals surface area contributed by atoms with Crippen molar-refractivity contribution in [1.82, 2.24) is 0 Å². The summed E-state index contributed by atoms with van der Waals surface area (Å²) in [4.78, 5) is 38.7. The predicted molar refractivity (Wildman–Crippen MR) is 126 cm³/mol. The number of methoxy groups -OCH3 is 1. The molecule has 1 aliphatic heterocycles. The number of hydrogen-bond donors (Lipinski definition) is 1. The van der Waals surface area contributed by atoms with Gasteiger partial charge in [0.15, 0.2) is 17.1 Å². The van der Waals surface area contributed by atoms with E-state index in [9.17, 15) is 24.8 Å². The zero-order valence-electron chi connectivity index (χ0n) is 18.4. The normalized spacial score (nSPS) is 16.9. The van der Waals surface area contributed by atoms with Crippen LogP contribution in [0.1, 0.15) is 33.5 Å². The summed E-state index contributed by atoms with van der Waals surface area (Å²) >= 11 is 6.15. The van der Waals surface area contributed by atoms with Crippen LogP contribution in [0, 0.1) is 17.0 Å². The van der Waals surface area contributed by atoms with Crippen molar-refractivity contribution in [2.24, 2.45) is 0 Å². The van der Waals surface area contributed by atoms with Crippen molar-refractivity contribution in [3.8, 4) is 5.75 Å². The van der Waals surface area contributed by atoms with Crippen molar-refractivity contribution in [1.29, 1.82) is 0 Å². The zero-order valence-corrected chi connectivity index (χ0v) is 19.2. The van der Waals surface area contributed by atoms with Crippen molar-refractivity contribution in [2.75, 3.05) is 12.0 Å². The molecule has 1 amide bonds. The molecule has 9 heteroatoms. The van der Waals surface area contributed by atoms with Gasteiger partial charge in [0, 0.05) is 22.2 Å². The quantitative estimate of drug-likeness (QED) is 0.301. The van der Waals surface area contributed by atoms with E-state index in [1.807, 2.05) is 31.2 Å². The number of halogens is 1. The summed E-state index contributed by atoms with van der Waals surface area (Å²) < 4.78 is 4.97. The Bertz CT molecular complexity index is 1310. The van der Waals surface area contributed by atoms with Crippen LogP contribution in [-0.4, -0.2) is 28.8 Å². The van der Waals surface area contributed by atoms with Crippen molar-refractivity contribution < 1.29 is 24.4 Å². The minimum atomic E-state index is -2.17. The fourth-order valence-corrected chi connectivity index (χ4v) is 4.24. The average molecular weight is 481 g/mol. The Hall–Kier alpha value is -3.75. The number of ketones is 1. The van der Waals surface area contributed by atoms with Crippen LogP contribution in [-0.2, 0) is 16.9 Å². The first kappa shape index (κ1) is 23.4. The molecule has 34 heavy (non-hydrogen) atoms. The third kappa shape index (κ3) is 4.13. The molecule has 1 N–H and O–H groups in total. The lowest BCUT2D eigenvalue weighted by Crippen LogP contribution is -2.41. The van der Waals surface area contributed by atoms with Crippen LogP contribution < -0.4 is 9.64 Å². The number of nitro benzene ring substituents is 1. The number of nitro groups is 1. The highest BCUT2D eigenvalue weighted by molar-refractivity contribution is 6.31. The number of amides is 1. The molecule has 0 fully saturated rings. The molecule has 1 aliphatic rings. The van der Waals surface area contributed by atoms with Gasteiger partial charge in [-0.15, -0.1) is 0 Å². The molecule has 0 spiro atoms. The number of fused-ring (bicyclic) bond motifs is 1. The number of anilines is 1. The highest BCUT2D eigenvalue weighted by atomic mass is 35.5. The Morgan fingerprint density at radius 2 is 1.85 bits per heavy atom. The summed E-state index contributed by atoms with van der Waals surface area (Å²) in [6, 6.07) is 16.1. The molecular formula is C25H21ClN2O6. The standard InChI is InChI=1S/C25H21ClN2O6/c1-15-3-5-16(6-4-15)14-27-20-9-8-18(26)12-19(20)25(31,24(27)30)13-22(29)17-7-10-23(34-2)21(11-17)28(32)33/h3-12,31H,13-14H2,1-2H3. The summed E-state index contributed by atoms with van der Waals surface area (Å²) in [7, 11) is 1.28. The summed E-state index contributed by atoms with van der Waals surface area (Å²) in [6.07, 6.45) is -0.604. The first-order valence-electron chi connectivity index (χ1n) is 10.4. The number of aliphatic hydroxyl groups is 1. The number of benzene rings is 3. The van der Waals surface area contributed by atoms with Gasteiger partial charge in [0.05, 0.1) is 30.7 Å². The molecule has 3 aromatic rings. The molecule has 0 aromatic heterocycles. The summed E-state index contributed by atoms with van der Waals surface area (Å²) in [5.41, 5.74) is 0.00772. The number of rotatable bonds is 7. The maximum absolute atomic E-state index is 13.5. The monoisotopic (exact) mass is 480 g/mol. The van der Waals surface area contributed by atoms with E-state index >= 15 is 0 Å². The molecular weight excluding hydrogens is 460 g/mol. The molecule has 0 bridgehead atoms. The van der Waals surface area contributed by atoms with E-state index in [1.165, 1.54) is 30.2 Å². The molecule has 1 unspecified atom stereocenters. The Morgan fingerprint density at radius 3 is 2.50 bits per heavy atom. The molecule has 4 rings (SSSR count). The summed E-state index contributed by atoms with van der Waals surface area (Å²) in [6.45, 7) is 2.15. The van der Waals surface area contributed by atoms with Gasteiger partial charge < -0.3 is 14.7 Å². The van der Waals surface area contributed by atoms with Gasteiger partial charge in [-0.3, -0.25) is 19.7 Å². The fourth-order valence-electron chi connectivity index (χ4n) is 4.07. The van der Waals surface area contributed by atoms with Crippen molar-refractivity contribution >= 4 is 34.7 Å². The molecule has 3 aromatic carbocycles. The van der Waals surface area contributed by atoms with Crippen LogP contribution >= 0.6 is 11.6 Å². The molecule has 1 heterocycles. The zero-order chi connectivity index (χ0) is 24.6. The van der Waals surface area contributed by atoms with Gasteiger partial charge in [-0.1, -0.05) is 41.4 Å². The molecule has 0 radical (unpaired) electrons. The van der Waals surface area contributed by atoms with Crippen LogP contribution in [0.15, 0.2) is 60.7 Å². The minimum Gasteiger partial charge on any atom is -0.490 e. The SMILES string of the molecule is COc1ccc(C(=O)CC2(O)C(=O)N(Cc3ccc(C)cc3)c3ccc(Cl)cc32)cc1[N+](=O)[O-]. The lowest BCUT2D eigenvalue weighted by atomic mass is 9.88. The number of ether oxygens (including phenoxy) is 1. The number of aryl methyl sites for hydroxylation is 1. The van der Waals surface area contributed by atoms with Crippen LogP contribution in [0.4, 0.5) is 11.4 Å². The molecule has 1 atom stereocenters. The average Bonchev–Trinajstić information content (AvgIpc) is 3.01. The second-order valence-electron chi connectivity index (χ2n) is 8.14. The van der Waals surface area contributed by atoms with E-state index in [1.54, 1.807) is 12.1 Å². The number of Topliss-reactive ketones (excluding diaryl/α,β-unsaturated/α-hetero) is 1. The largest absolute Gasteiger partial charge is 0.490 e. The number of hydrogen-bond acceptors (Lipinski definition) is 6. The first-order valence-corrected chi connectivity index (χ1v) is 10.8. The summed E-state index contributed by atoms with van der Waals surface area (Å²) in [5.74, 6) is -1.30. The van der Waals surface area contributed by atoms with Crippen molar-refractivity contribution in [3.05, 3.63) is 98.1 Å². The maximum Gasteiger partial charge on any atom is 0.311 e. The van der Waals surface area contributed by atoms with E-state index in [4.69, 9.17) is 16.3 Å². The van der Waals surface area contributed by atoms with E-state index in [0.717, 1.165) is 17.2 Å². The maximum atomic E-state index is 13.5. The second-order valence-corrected chi connectivity index (χ2v) is 8.58. The van der Waals surface area contributed by atoms with Gasteiger partial charge in [0.25, 0.3) is 5.91 Å². The minimum absolute atomic E-state index is 0.00129. The smallest absolute Gasteiger partial charge is 0.311 e. The molecule has 0 saturated carbocycles. The molecule has 0 saturated heterocycles. The molecule has 8 nitrogen and oxygen atoms in total. The number of carbonyl (C=O) groups is 2. The second kappa shape index (κ2) is 8.89. The van der Waals surface area contributed by atoms with E-state index in [0.29, 0.717) is 10.7 Å². The topological polar surface area (TPSA) is 110 Å². The Labute approximate surface area is 200 Å².